The molecule has 3 aromatic rings. The first-order valence-electron chi connectivity index (χ1n) is 9.44. The van der Waals surface area contributed by atoms with Crippen LogP contribution in [0.2, 0.25) is 0 Å². The monoisotopic (exact) mass is 409 g/mol. The molecule has 0 spiro atoms. The van der Waals surface area contributed by atoms with Crippen LogP contribution in [-0.4, -0.2) is 45.3 Å². The molecule has 9 nitrogen and oxygen atoms in total. The number of tetrazole rings is 1. The highest BCUT2D eigenvalue weighted by molar-refractivity contribution is 5.84. The van der Waals surface area contributed by atoms with Crippen molar-refractivity contribution in [3.8, 4) is 5.75 Å². The fourth-order valence-electron chi connectivity index (χ4n) is 2.82. The average molecular weight is 409 g/mol. The lowest BCUT2D eigenvalue weighted by atomic mass is 10.1. The Morgan fingerprint density at radius 2 is 1.80 bits per heavy atom. The first-order valence-corrected chi connectivity index (χ1v) is 9.44. The molecule has 0 aliphatic carbocycles. The Kier molecular flexibility index (Phi) is 7.09. The van der Waals surface area contributed by atoms with Crippen LogP contribution in [0.4, 0.5) is 0 Å². The SMILES string of the molecule is COc1ccc(CNC(=O)[C@H](C)OC(=O)[C@@H](Cc2ccccc2)n2cnnn2)cc1. The number of carbonyl (C=O) groups is 2. The highest BCUT2D eigenvalue weighted by Gasteiger charge is 2.27. The van der Waals surface area contributed by atoms with Crippen LogP contribution < -0.4 is 10.1 Å². The summed E-state index contributed by atoms with van der Waals surface area (Å²) in [5.74, 6) is -0.243. The van der Waals surface area contributed by atoms with E-state index in [2.05, 4.69) is 20.8 Å². The molecule has 2 atom stereocenters. The van der Waals surface area contributed by atoms with Crippen LogP contribution >= 0.6 is 0 Å². The number of aromatic nitrogens is 4. The summed E-state index contributed by atoms with van der Waals surface area (Å²) in [7, 11) is 1.59. The number of nitrogens with one attached hydrogen (secondary N) is 1. The van der Waals surface area contributed by atoms with Crippen LogP contribution in [0, 0.1) is 0 Å². The Hall–Kier alpha value is -3.75. The van der Waals surface area contributed by atoms with Crippen LogP contribution in [-0.2, 0) is 27.3 Å². The fraction of sp³-hybridized carbons (Fsp3) is 0.286. The Bertz CT molecular complexity index is 945. The lowest BCUT2D eigenvalue weighted by Gasteiger charge is -2.19. The van der Waals surface area contributed by atoms with Gasteiger partial charge in [0.1, 0.15) is 12.1 Å². The second-order valence-corrected chi connectivity index (χ2v) is 6.64. The van der Waals surface area contributed by atoms with Gasteiger partial charge in [-0.25, -0.2) is 9.48 Å². The summed E-state index contributed by atoms with van der Waals surface area (Å²) in [5.41, 5.74) is 1.82. The van der Waals surface area contributed by atoms with Crippen molar-refractivity contribution in [3.63, 3.8) is 0 Å². The standard InChI is InChI=1S/C21H23N5O4/c1-15(20(27)22-13-17-8-10-18(29-2)11-9-17)30-21(28)19(26-14-23-24-25-26)12-16-6-4-3-5-7-16/h3-11,14-15,19H,12-13H2,1-2H3,(H,22,27)/t15-,19+/m0/s1. The van der Waals surface area contributed by atoms with Crippen molar-refractivity contribution in [1.82, 2.24) is 25.5 Å². The quantitative estimate of drug-likeness (QED) is 0.536. The van der Waals surface area contributed by atoms with E-state index >= 15 is 0 Å². The highest BCUT2D eigenvalue weighted by atomic mass is 16.5. The smallest absolute Gasteiger partial charge is 0.332 e. The van der Waals surface area contributed by atoms with E-state index in [0.29, 0.717) is 13.0 Å². The van der Waals surface area contributed by atoms with Crippen LogP contribution in [0.3, 0.4) is 0 Å². The van der Waals surface area contributed by atoms with Gasteiger partial charge in [0.05, 0.1) is 7.11 Å². The lowest BCUT2D eigenvalue weighted by molar-refractivity contribution is -0.158. The predicted molar refractivity (Wildman–Crippen MR) is 107 cm³/mol. The molecule has 0 fully saturated rings. The number of hydrogen-bond donors (Lipinski definition) is 1. The summed E-state index contributed by atoms with van der Waals surface area (Å²) in [6.45, 7) is 1.84. The van der Waals surface area contributed by atoms with Gasteiger partial charge in [0.25, 0.3) is 5.91 Å². The third-order valence-electron chi connectivity index (χ3n) is 4.52. The van der Waals surface area contributed by atoms with E-state index in [1.165, 1.54) is 17.9 Å². The summed E-state index contributed by atoms with van der Waals surface area (Å²) in [6.07, 6.45) is 0.722. The minimum atomic E-state index is -0.967. The Morgan fingerprint density at radius 3 is 2.43 bits per heavy atom. The summed E-state index contributed by atoms with van der Waals surface area (Å²) in [4.78, 5) is 25.2. The summed E-state index contributed by atoms with van der Waals surface area (Å²) in [5, 5.41) is 13.8. The van der Waals surface area contributed by atoms with Crippen molar-refractivity contribution >= 4 is 11.9 Å². The summed E-state index contributed by atoms with van der Waals surface area (Å²) in [6, 6.07) is 16.0. The largest absolute Gasteiger partial charge is 0.497 e. The van der Waals surface area contributed by atoms with E-state index in [4.69, 9.17) is 9.47 Å². The van der Waals surface area contributed by atoms with E-state index in [-0.39, 0.29) is 0 Å². The molecule has 0 saturated carbocycles. The molecular formula is C21H23N5O4. The van der Waals surface area contributed by atoms with Crippen LogP contribution in [0.5, 0.6) is 5.75 Å². The van der Waals surface area contributed by atoms with Gasteiger partial charge >= 0.3 is 5.97 Å². The second-order valence-electron chi connectivity index (χ2n) is 6.64. The van der Waals surface area contributed by atoms with Crippen molar-refractivity contribution in [2.75, 3.05) is 7.11 Å². The van der Waals surface area contributed by atoms with E-state index in [9.17, 15) is 9.59 Å². The molecule has 156 valence electrons. The van der Waals surface area contributed by atoms with Crippen molar-refractivity contribution < 1.29 is 19.1 Å². The van der Waals surface area contributed by atoms with Gasteiger partial charge < -0.3 is 14.8 Å². The minimum Gasteiger partial charge on any atom is -0.497 e. The summed E-state index contributed by atoms with van der Waals surface area (Å²) < 4.78 is 11.9. The topological polar surface area (TPSA) is 108 Å². The summed E-state index contributed by atoms with van der Waals surface area (Å²) >= 11 is 0. The van der Waals surface area contributed by atoms with Gasteiger partial charge in [-0.1, -0.05) is 42.5 Å². The van der Waals surface area contributed by atoms with Crippen molar-refractivity contribution in [3.05, 3.63) is 72.1 Å². The maximum absolute atomic E-state index is 12.8. The first kappa shape index (κ1) is 21.0. The van der Waals surface area contributed by atoms with Gasteiger partial charge in [0.2, 0.25) is 0 Å². The van der Waals surface area contributed by atoms with Gasteiger partial charge in [-0.05, 0) is 40.6 Å². The number of carbonyl (C=O) groups excluding carboxylic acids is 2. The molecule has 9 heteroatoms. The second kappa shape index (κ2) is 10.1. The molecule has 1 aromatic heterocycles. The van der Waals surface area contributed by atoms with Crippen molar-refractivity contribution in [1.29, 1.82) is 0 Å². The van der Waals surface area contributed by atoms with Crippen LogP contribution in [0.1, 0.15) is 24.1 Å². The Labute approximate surface area is 174 Å². The molecule has 0 radical (unpaired) electrons. The zero-order valence-corrected chi connectivity index (χ0v) is 16.8. The first-order chi connectivity index (χ1) is 14.6. The fourth-order valence-corrected chi connectivity index (χ4v) is 2.82. The molecule has 0 aliphatic rings. The molecule has 0 saturated heterocycles. The van der Waals surface area contributed by atoms with Crippen molar-refractivity contribution in [2.24, 2.45) is 0 Å². The van der Waals surface area contributed by atoms with Crippen LogP contribution in [0.15, 0.2) is 60.9 Å². The van der Waals surface area contributed by atoms with Crippen molar-refractivity contribution in [2.45, 2.75) is 32.0 Å². The van der Waals surface area contributed by atoms with E-state index in [1.54, 1.807) is 7.11 Å². The lowest BCUT2D eigenvalue weighted by Crippen LogP contribution is -2.37. The Balaban J connectivity index is 1.59. The third kappa shape index (κ3) is 5.63. The third-order valence-corrected chi connectivity index (χ3v) is 4.52. The molecule has 1 amide bonds. The number of esters is 1. The maximum Gasteiger partial charge on any atom is 0.332 e. The number of rotatable bonds is 9. The zero-order chi connectivity index (χ0) is 21.3. The maximum atomic E-state index is 12.8. The number of benzene rings is 2. The van der Waals surface area contributed by atoms with Gasteiger partial charge in [-0.2, -0.15) is 0 Å². The number of nitrogens with zero attached hydrogens (tertiary/aromatic N) is 4. The Morgan fingerprint density at radius 1 is 1.07 bits per heavy atom. The molecule has 0 unspecified atom stereocenters. The van der Waals surface area contributed by atoms with Gasteiger partial charge in [0.15, 0.2) is 12.1 Å². The number of methoxy groups -OCH3 is 1. The van der Waals surface area contributed by atoms with Gasteiger partial charge in [-0.3, -0.25) is 4.79 Å². The molecule has 1 N–H and O–H groups in total. The zero-order valence-electron chi connectivity index (χ0n) is 16.8. The predicted octanol–water partition coefficient (Wildman–Crippen LogP) is 1.71. The van der Waals surface area contributed by atoms with E-state index in [0.717, 1.165) is 16.9 Å². The molecule has 0 aliphatic heterocycles. The number of ether oxygens (including phenoxy) is 2. The van der Waals surface area contributed by atoms with Gasteiger partial charge in [0, 0.05) is 13.0 Å². The van der Waals surface area contributed by atoms with E-state index in [1.807, 2.05) is 54.6 Å². The molecule has 0 bridgehead atoms. The highest BCUT2D eigenvalue weighted by Crippen LogP contribution is 2.16. The molecule has 1 heterocycles. The van der Waals surface area contributed by atoms with Crippen LogP contribution in [0.25, 0.3) is 0 Å². The normalized spacial score (nSPS) is 12.6. The van der Waals surface area contributed by atoms with E-state index < -0.39 is 24.0 Å². The number of hydrogen-bond acceptors (Lipinski definition) is 7. The minimum absolute atomic E-state index is 0.311. The van der Waals surface area contributed by atoms with Gasteiger partial charge in [-0.15, -0.1) is 5.10 Å². The average Bonchev–Trinajstić information content (AvgIpc) is 3.31. The molecule has 2 aromatic carbocycles. The number of amides is 1. The molecule has 30 heavy (non-hydrogen) atoms. The molecule has 3 rings (SSSR count). The molecular weight excluding hydrogens is 386 g/mol.